The molecule has 0 aliphatic heterocycles. The predicted molar refractivity (Wildman–Crippen MR) is 45.6 cm³/mol. The van der Waals surface area contributed by atoms with E-state index in [0.29, 0.717) is 0 Å². The molecule has 78 valence electrons. The molecule has 0 fully saturated rings. The zero-order chi connectivity index (χ0) is 11.9. The average molecular weight is 228 g/mol. The van der Waals surface area contributed by atoms with Gasteiger partial charge in [-0.3, -0.25) is 9.11 Å². The molecule has 1 heterocycles. The smallest absolute Gasteiger partial charge is 0.264 e. The Kier molecular flexibility index (Phi) is 4.84. The molecule has 0 saturated heterocycles. The second kappa shape index (κ2) is 5.62. The molecule has 0 amide bonds. The first kappa shape index (κ1) is 12.9. The predicted octanol–water partition coefficient (Wildman–Crippen LogP) is -0.433. The molecule has 1 aromatic heterocycles. The van der Waals surface area contributed by atoms with Crippen molar-refractivity contribution in [3.63, 3.8) is 0 Å². The lowest BCUT2D eigenvalue weighted by Gasteiger charge is -1.86. The highest BCUT2D eigenvalue weighted by Gasteiger charge is 1.99. The van der Waals surface area contributed by atoms with Gasteiger partial charge in [0.05, 0.1) is 0 Å². The van der Waals surface area contributed by atoms with Gasteiger partial charge in [-0.25, -0.2) is 9.97 Å². The number of hydrogen-bond acceptors (Lipinski definition) is 6. The second-order valence-electron chi connectivity index (χ2n) is 1.92. The van der Waals surface area contributed by atoms with Gasteiger partial charge in [-0.15, -0.1) is 0 Å². The van der Waals surface area contributed by atoms with E-state index in [1.807, 2.05) is 0 Å². The normalized spacial score (nSPS) is 9.07. The van der Waals surface area contributed by atoms with Crippen LogP contribution in [0.15, 0.2) is 12.4 Å². The van der Waals surface area contributed by atoms with E-state index < -0.39 is 10.4 Å². The largest absolute Gasteiger partial charge is 0.394 e. The van der Waals surface area contributed by atoms with Gasteiger partial charge in [-0.1, -0.05) is 0 Å². The summed E-state index contributed by atoms with van der Waals surface area (Å²) in [5, 5.41) is 16.7. The van der Waals surface area contributed by atoms with Crippen LogP contribution in [0.5, 0.6) is 0 Å². The van der Waals surface area contributed by atoms with Crippen LogP contribution in [0, 0.1) is 22.7 Å². The van der Waals surface area contributed by atoms with Crippen molar-refractivity contribution in [3.8, 4) is 12.1 Å². The number of nitriles is 2. The molecule has 8 nitrogen and oxygen atoms in total. The molecular weight excluding hydrogens is 224 g/mol. The van der Waals surface area contributed by atoms with Crippen molar-refractivity contribution in [1.29, 1.82) is 10.5 Å². The van der Waals surface area contributed by atoms with Gasteiger partial charge in [0.15, 0.2) is 11.4 Å². The number of hydrogen-bond donors (Lipinski definition) is 2. The molecular formula is C6H4N4O4S. The Hall–Kier alpha value is -2.07. The summed E-state index contributed by atoms with van der Waals surface area (Å²) in [6, 6.07) is 3.50. The number of aromatic nitrogens is 2. The fourth-order valence-corrected chi connectivity index (χ4v) is 0.502. The summed E-state index contributed by atoms with van der Waals surface area (Å²) in [6.07, 6.45) is 2.75. The third-order valence-corrected chi connectivity index (χ3v) is 0.910. The van der Waals surface area contributed by atoms with Gasteiger partial charge in [0, 0.05) is 12.4 Å². The Bertz CT molecular complexity index is 472. The van der Waals surface area contributed by atoms with Gasteiger partial charge in [-0.05, 0) is 0 Å². The molecule has 0 spiro atoms. The van der Waals surface area contributed by atoms with E-state index in [4.69, 9.17) is 28.0 Å². The van der Waals surface area contributed by atoms with Crippen LogP contribution in [0.3, 0.4) is 0 Å². The molecule has 0 atom stereocenters. The van der Waals surface area contributed by atoms with Crippen LogP contribution in [-0.2, 0) is 10.4 Å². The van der Waals surface area contributed by atoms with Crippen molar-refractivity contribution < 1.29 is 17.5 Å². The molecule has 1 aromatic rings. The summed E-state index contributed by atoms with van der Waals surface area (Å²) < 4.78 is 31.6. The maximum atomic E-state index is 8.74. The highest BCUT2D eigenvalue weighted by molar-refractivity contribution is 7.79. The molecule has 0 radical (unpaired) electrons. The molecule has 9 heteroatoms. The Morgan fingerprint density at radius 3 is 1.53 bits per heavy atom. The minimum Gasteiger partial charge on any atom is -0.264 e. The standard InChI is InChI=1S/C6H2N4.H2O4S/c7-3-5-6(4-8)10-2-1-9-5;1-5(2,3)4/h1-2H;(H2,1,2,3,4). The van der Waals surface area contributed by atoms with Crippen LogP contribution in [-0.4, -0.2) is 27.5 Å². The van der Waals surface area contributed by atoms with E-state index in [1.165, 1.54) is 12.4 Å². The minimum absolute atomic E-state index is 0.0741. The van der Waals surface area contributed by atoms with Gasteiger partial charge < -0.3 is 0 Å². The fraction of sp³-hybridized carbons (Fsp3) is 0. The molecule has 0 bridgehead atoms. The SMILES string of the molecule is N#Cc1nccnc1C#N.O=S(=O)(O)O. The van der Waals surface area contributed by atoms with E-state index in [-0.39, 0.29) is 11.4 Å². The first-order valence-electron chi connectivity index (χ1n) is 3.19. The maximum absolute atomic E-state index is 8.74. The lowest BCUT2D eigenvalue weighted by molar-refractivity contribution is 0.381. The molecule has 0 unspecified atom stereocenters. The number of rotatable bonds is 0. The quantitative estimate of drug-likeness (QED) is 0.568. The van der Waals surface area contributed by atoms with Gasteiger partial charge in [-0.2, -0.15) is 18.9 Å². The highest BCUT2D eigenvalue weighted by atomic mass is 32.3. The Balaban J connectivity index is 0.000000336. The first-order chi connectivity index (χ1) is 6.88. The minimum atomic E-state index is -4.67. The fourth-order valence-electron chi connectivity index (χ4n) is 0.502. The van der Waals surface area contributed by atoms with Crippen LogP contribution >= 0.6 is 0 Å². The lowest BCUT2D eigenvalue weighted by atomic mass is 10.3. The summed E-state index contributed by atoms with van der Waals surface area (Å²) in [4.78, 5) is 7.24. The zero-order valence-corrected chi connectivity index (χ0v) is 7.88. The topological polar surface area (TPSA) is 148 Å². The molecule has 1 rings (SSSR count). The Morgan fingerprint density at radius 1 is 1.07 bits per heavy atom. The van der Waals surface area contributed by atoms with Crippen LogP contribution < -0.4 is 0 Å². The molecule has 0 saturated carbocycles. The molecule has 0 aromatic carbocycles. The van der Waals surface area contributed by atoms with Crippen molar-refractivity contribution in [3.05, 3.63) is 23.8 Å². The Morgan fingerprint density at radius 2 is 1.33 bits per heavy atom. The van der Waals surface area contributed by atoms with Crippen molar-refractivity contribution in [1.82, 2.24) is 9.97 Å². The van der Waals surface area contributed by atoms with E-state index in [9.17, 15) is 0 Å². The van der Waals surface area contributed by atoms with E-state index in [1.54, 1.807) is 12.1 Å². The van der Waals surface area contributed by atoms with E-state index >= 15 is 0 Å². The van der Waals surface area contributed by atoms with E-state index in [0.717, 1.165) is 0 Å². The van der Waals surface area contributed by atoms with Crippen LogP contribution in [0.4, 0.5) is 0 Å². The van der Waals surface area contributed by atoms with Crippen LogP contribution in [0.2, 0.25) is 0 Å². The van der Waals surface area contributed by atoms with Gasteiger partial charge in [0.25, 0.3) is 0 Å². The Labute approximate surface area is 85.0 Å². The zero-order valence-electron chi connectivity index (χ0n) is 7.06. The first-order valence-corrected chi connectivity index (χ1v) is 4.59. The van der Waals surface area contributed by atoms with Crippen molar-refractivity contribution in [2.24, 2.45) is 0 Å². The van der Waals surface area contributed by atoms with Gasteiger partial charge >= 0.3 is 10.4 Å². The molecule has 15 heavy (non-hydrogen) atoms. The summed E-state index contributed by atoms with van der Waals surface area (Å²) in [7, 11) is -4.67. The molecule has 2 N–H and O–H groups in total. The van der Waals surface area contributed by atoms with Crippen molar-refractivity contribution in [2.75, 3.05) is 0 Å². The van der Waals surface area contributed by atoms with Gasteiger partial charge in [0.2, 0.25) is 0 Å². The van der Waals surface area contributed by atoms with Gasteiger partial charge in [0.1, 0.15) is 12.1 Å². The molecule has 0 aliphatic rings. The molecule has 0 aliphatic carbocycles. The van der Waals surface area contributed by atoms with Crippen LogP contribution in [0.1, 0.15) is 11.4 Å². The maximum Gasteiger partial charge on any atom is 0.394 e. The monoisotopic (exact) mass is 228 g/mol. The van der Waals surface area contributed by atoms with E-state index in [2.05, 4.69) is 9.97 Å². The van der Waals surface area contributed by atoms with Crippen molar-refractivity contribution in [2.45, 2.75) is 0 Å². The lowest BCUT2D eigenvalue weighted by Crippen LogP contribution is -1.90. The third-order valence-electron chi connectivity index (χ3n) is 0.910. The summed E-state index contributed by atoms with van der Waals surface area (Å²) >= 11 is 0. The number of nitrogens with zero attached hydrogens (tertiary/aromatic N) is 4. The third kappa shape index (κ3) is 7.04. The average Bonchev–Trinajstić information content (AvgIpc) is 2.15. The highest BCUT2D eigenvalue weighted by Crippen LogP contribution is 1.95. The van der Waals surface area contributed by atoms with Crippen LogP contribution in [0.25, 0.3) is 0 Å². The van der Waals surface area contributed by atoms with Crippen molar-refractivity contribution >= 4 is 10.4 Å². The summed E-state index contributed by atoms with van der Waals surface area (Å²) in [5.74, 6) is 0. The summed E-state index contributed by atoms with van der Waals surface area (Å²) in [5.41, 5.74) is 0.148. The second-order valence-corrected chi connectivity index (χ2v) is 2.82. The summed E-state index contributed by atoms with van der Waals surface area (Å²) in [6.45, 7) is 0.